The van der Waals surface area contributed by atoms with Gasteiger partial charge in [-0.3, -0.25) is 0 Å². The number of carbonyl (C=O) groups excluding carboxylic acids is 1. The van der Waals surface area contributed by atoms with Crippen LogP contribution in [0.5, 0.6) is 0 Å². The molecule has 0 aliphatic carbocycles. The number of hydrogen-bond donors (Lipinski definition) is 0. The third kappa shape index (κ3) is 2.05. The van der Waals surface area contributed by atoms with Gasteiger partial charge in [0.15, 0.2) is 0 Å². The van der Waals surface area contributed by atoms with Gasteiger partial charge in [0.25, 0.3) is 0 Å². The first-order valence-corrected chi connectivity index (χ1v) is 7.30. The van der Waals surface area contributed by atoms with Gasteiger partial charge in [-0.1, -0.05) is 51.5 Å². The van der Waals surface area contributed by atoms with Crippen LogP contribution >= 0.6 is 0 Å². The average Bonchev–Trinajstić information content (AvgIpc) is 3.08. The van der Waals surface area contributed by atoms with Crippen molar-refractivity contribution in [3.8, 4) is 0 Å². The van der Waals surface area contributed by atoms with Crippen molar-refractivity contribution in [3.63, 3.8) is 0 Å². The van der Waals surface area contributed by atoms with E-state index in [9.17, 15) is 4.79 Å². The van der Waals surface area contributed by atoms with Gasteiger partial charge in [0.2, 0.25) is 5.60 Å². The lowest BCUT2D eigenvalue weighted by Gasteiger charge is -2.19. The summed E-state index contributed by atoms with van der Waals surface area (Å²) in [4.78, 5) is 12.1. The summed E-state index contributed by atoms with van der Waals surface area (Å²) >= 11 is 0. The molecule has 1 aliphatic rings. The van der Waals surface area contributed by atoms with Crippen molar-refractivity contribution in [3.05, 3.63) is 35.4 Å². The van der Waals surface area contributed by atoms with Gasteiger partial charge in [-0.2, -0.15) is 0 Å². The second kappa shape index (κ2) is 5.21. The van der Waals surface area contributed by atoms with Crippen LogP contribution in [0.4, 0.5) is 0 Å². The lowest BCUT2D eigenvalue weighted by atomic mass is 9.80. The Morgan fingerprint density at radius 2 is 1.90 bits per heavy atom. The highest BCUT2D eigenvalue weighted by molar-refractivity contribution is 5.85. The molecule has 1 aromatic carbocycles. The zero-order chi connectivity index (χ0) is 15.0. The predicted molar refractivity (Wildman–Crippen MR) is 78.5 cm³/mol. The van der Waals surface area contributed by atoms with Crippen molar-refractivity contribution < 1.29 is 14.3 Å². The van der Waals surface area contributed by atoms with E-state index < -0.39 is 11.2 Å². The molecule has 0 bridgehead atoms. The van der Waals surface area contributed by atoms with Crippen LogP contribution in [0.15, 0.2) is 24.3 Å². The van der Waals surface area contributed by atoms with E-state index in [1.165, 1.54) is 12.7 Å². The fourth-order valence-electron chi connectivity index (χ4n) is 3.14. The molecule has 0 saturated carbocycles. The number of epoxide rings is 1. The van der Waals surface area contributed by atoms with Crippen LogP contribution in [-0.2, 0) is 26.3 Å². The van der Waals surface area contributed by atoms with Gasteiger partial charge in [-0.15, -0.1) is 0 Å². The summed E-state index contributed by atoms with van der Waals surface area (Å²) in [5, 5.41) is 0. The van der Waals surface area contributed by atoms with Crippen molar-refractivity contribution >= 4 is 5.97 Å². The number of methoxy groups -OCH3 is 1. The minimum atomic E-state index is -0.853. The Bertz CT molecular complexity index is 491. The van der Waals surface area contributed by atoms with Crippen molar-refractivity contribution in [2.75, 3.05) is 7.11 Å². The van der Waals surface area contributed by atoms with Gasteiger partial charge < -0.3 is 9.47 Å². The minimum absolute atomic E-state index is 0.0651. The first-order valence-electron chi connectivity index (χ1n) is 7.30. The number of ether oxygens (including phenoxy) is 2. The van der Waals surface area contributed by atoms with Gasteiger partial charge >= 0.3 is 5.97 Å². The van der Waals surface area contributed by atoms with Crippen LogP contribution in [0.1, 0.15) is 45.2 Å². The molecule has 0 aromatic heterocycles. The molecular weight excluding hydrogens is 252 g/mol. The zero-order valence-electron chi connectivity index (χ0n) is 13.0. The topological polar surface area (TPSA) is 38.8 Å². The highest BCUT2D eigenvalue weighted by Crippen LogP contribution is 2.60. The van der Waals surface area contributed by atoms with Crippen LogP contribution in [0.2, 0.25) is 0 Å². The maximum atomic E-state index is 12.1. The molecule has 20 heavy (non-hydrogen) atoms. The second-order valence-electron chi connectivity index (χ2n) is 5.96. The van der Waals surface area contributed by atoms with Crippen LogP contribution in [-0.4, -0.2) is 18.7 Å². The first kappa shape index (κ1) is 15.0. The average molecular weight is 276 g/mol. The molecule has 1 aliphatic heterocycles. The molecule has 3 nitrogen and oxygen atoms in total. The zero-order valence-corrected chi connectivity index (χ0v) is 13.0. The number of rotatable bonds is 5. The monoisotopic (exact) mass is 276 g/mol. The number of benzene rings is 1. The Morgan fingerprint density at radius 1 is 1.30 bits per heavy atom. The first-order chi connectivity index (χ1) is 9.42. The Labute approximate surface area is 121 Å². The van der Waals surface area contributed by atoms with Crippen LogP contribution < -0.4 is 0 Å². The molecule has 1 aromatic rings. The number of carbonyl (C=O) groups is 1. The molecule has 1 saturated heterocycles. The molecule has 0 spiro atoms. The number of esters is 1. The predicted octanol–water partition coefficient (Wildman–Crippen LogP) is 3.45. The van der Waals surface area contributed by atoms with E-state index in [1.54, 1.807) is 0 Å². The van der Waals surface area contributed by atoms with Crippen molar-refractivity contribution in [2.24, 2.45) is 5.92 Å². The van der Waals surface area contributed by atoms with E-state index in [-0.39, 0.29) is 11.9 Å². The number of aryl methyl sites for hydroxylation is 1. The summed E-state index contributed by atoms with van der Waals surface area (Å²) in [6, 6.07) is 8.37. The molecule has 1 fully saturated rings. The van der Waals surface area contributed by atoms with Gasteiger partial charge in [0.1, 0.15) is 5.60 Å². The maximum absolute atomic E-state index is 12.1. The highest BCUT2D eigenvalue weighted by Gasteiger charge is 2.75. The van der Waals surface area contributed by atoms with Crippen molar-refractivity contribution in [1.29, 1.82) is 0 Å². The molecule has 2 atom stereocenters. The van der Waals surface area contributed by atoms with E-state index in [4.69, 9.17) is 9.47 Å². The van der Waals surface area contributed by atoms with Crippen LogP contribution in [0.3, 0.4) is 0 Å². The molecule has 3 heteroatoms. The SMILES string of the molecule is CCCc1ccc(C2(C)OC2(C(=O)OC)C(C)C)cc1. The summed E-state index contributed by atoms with van der Waals surface area (Å²) in [7, 11) is 1.42. The van der Waals surface area contributed by atoms with Gasteiger partial charge in [0.05, 0.1) is 7.11 Å². The lowest BCUT2D eigenvalue weighted by molar-refractivity contribution is -0.148. The Balaban J connectivity index is 2.30. The summed E-state index contributed by atoms with van der Waals surface area (Å²) in [5.41, 5.74) is 0.915. The van der Waals surface area contributed by atoms with E-state index in [0.717, 1.165) is 18.4 Å². The summed E-state index contributed by atoms with van der Waals surface area (Å²) in [6.45, 7) is 8.13. The third-order valence-electron chi connectivity index (χ3n) is 4.38. The molecule has 0 amide bonds. The standard InChI is InChI=1S/C17H24O3/c1-6-7-13-8-10-14(11-9-13)16(4)17(20-16,12(2)3)15(18)19-5/h8-12H,6-7H2,1-5H3. The van der Waals surface area contributed by atoms with E-state index in [0.29, 0.717) is 0 Å². The van der Waals surface area contributed by atoms with Crippen LogP contribution in [0.25, 0.3) is 0 Å². The molecule has 0 N–H and O–H groups in total. The highest BCUT2D eigenvalue weighted by atomic mass is 16.7. The van der Waals surface area contributed by atoms with E-state index in [2.05, 4.69) is 31.2 Å². The molecule has 2 unspecified atom stereocenters. The number of hydrogen-bond acceptors (Lipinski definition) is 3. The summed E-state index contributed by atoms with van der Waals surface area (Å²) in [5.74, 6) is -0.220. The molecule has 2 rings (SSSR count). The third-order valence-corrected chi connectivity index (χ3v) is 4.38. The van der Waals surface area contributed by atoms with Crippen LogP contribution in [0, 0.1) is 5.92 Å². The Kier molecular flexibility index (Phi) is 3.92. The summed E-state index contributed by atoms with van der Waals surface area (Å²) in [6.07, 6.45) is 2.20. The van der Waals surface area contributed by atoms with E-state index >= 15 is 0 Å². The Hall–Kier alpha value is -1.35. The normalized spacial score (nSPS) is 28.5. The van der Waals surface area contributed by atoms with E-state index in [1.807, 2.05) is 20.8 Å². The van der Waals surface area contributed by atoms with Crippen molar-refractivity contribution in [1.82, 2.24) is 0 Å². The van der Waals surface area contributed by atoms with Gasteiger partial charge in [-0.25, -0.2) is 4.79 Å². The fraction of sp³-hybridized carbons (Fsp3) is 0.588. The molecule has 110 valence electrons. The lowest BCUT2D eigenvalue weighted by Crippen LogP contribution is -2.37. The quantitative estimate of drug-likeness (QED) is 0.610. The second-order valence-corrected chi connectivity index (χ2v) is 5.96. The minimum Gasteiger partial charge on any atom is -0.467 e. The molecule has 0 radical (unpaired) electrons. The van der Waals surface area contributed by atoms with Crippen molar-refractivity contribution in [2.45, 2.75) is 51.7 Å². The fourth-order valence-corrected chi connectivity index (χ4v) is 3.14. The summed E-state index contributed by atoms with van der Waals surface area (Å²) < 4.78 is 10.9. The van der Waals surface area contributed by atoms with Gasteiger partial charge in [0, 0.05) is 0 Å². The Morgan fingerprint density at radius 3 is 2.35 bits per heavy atom. The maximum Gasteiger partial charge on any atom is 0.341 e. The van der Waals surface area contributed by atoms with Gasteiger partial charge in [-0.05, 0) is 30.4 Å². The smallest absolute Gasteiger partial charge is 0.341 e. The molecule has 1 heterocycles. The molecular formula is C17H24O3. The largest absolute Gasteiger partial charge is 0.467 e.